The summed E-state index contributed by atoms with van der Waals surface area (Å²) in [5.41, 5.74) is 4.58. The van der Waals surface area contributed by atoms with Crippen LogP contribution in [0.4, 0.5) is 5.82 Å². The summed E-state index contributed by atoms with van der Waals surface area (Å²) in [7, 11) is 3.36. The molecule has 0 saturated heterocycles. The predicted octanol–water partition coefficient (Wildman–Crippen LogP) is 5.40. The first-order valence-corrected chi connectivity index (χ1v) is 11.1. The largest absolute Gasteiger partial charge is 0.496 e. The van der Waals surface area contributed by atoms with Gasteiger partial charge in [0, 0.05) is 25.5 Å². The van der Waals surface area contributed by atoms with Gasteiger partial charge in [0.15, 0.2) is 5.65 Å². The molecule has 0 saturated carbocycles. The molecule has 6 heteroatoms. The van der Waals surface area contributed by atoms with Crippen LogP contribution < -0.4 is 14.4 Å². The zero-order chi connectivity index (χ0) is 22.7. The molecule has 0 fully saturated rings. The van der Waals surface area contributed by atoms with E-state index in [1.807, 2.05) is 31.5 Å². The molecule has 0 unspecified atom stereocenters. The lowest BCUT2D eigenvalue weighted by Gasteiger charge is -2.28. The summed E-state index contributed by atoms with van der Waals surface area (Å²) in [6, 6.07) is 4.02. The van der Waals surface area contributed by atoms with Crippen LogP contribution in [0.3, 0.4) is 0 Å². The smallest absolute Gasteiger partial charge is 0.165 e. The Hall–Kier alpha value is -2.76. The Labute approximate surface area is 186 Å². The highest BCUT2D eigenvalue weighted by Gasteiger charge is 2.24. The predicted molar refractivity (Wildman–Crippen MR) is 128 cm³/mol. The Morgan fingerprint density at radius 2 is 1.58 bits per heavy atom. The Kier molecular flexibility index (Phi) is 7.08. The maximum atomic E-state index is 5.72. The summed E-state index contributed by atoms with van der Waals surface area (Å²) in [6.45, 7) is 15.2. The molecule has 0 spiro atoms. The van der Waals surface area contributed by atoms with Crippen molar-refractivity contribution >= 4 is 11.5 Å². The number of ether oxygens (including phenoxy) is 2. The quantitative estimate of drug-likeness (QED) is 0.460. The molecule has 0 aliphatic carbocycles. The van der Waals surface area contributed by atoms with Crippen LogP contribution in [0.1, 0.15) is 45.9 Å². The van der Waals surface area contributed by atoms with E-state index in [1.165, 1.54) is 0 Å². The number of aromatic nitrogens is 3. The van der Waals surface area contributed by atoms with E-state index in [4.69, 9.17) is 19.4 Å². The standard InChI is InChI=1S/C25H36N4O2/c1-9-19-25(28(14-16(2)3)15-17(4)5)29-11-10-26-23(24(29)27-19)22-20(30-7)12-18(6)13-21(22)31-8/h10-13,16-17H,9,14-15H2,1-8H3. The normalized spacial score (nSPS) is 11.5. The van der Waals surface area contributed by atoms with Gasteiger partial charge in [0.1, 0.15) is 23.0 Å². The number of imidazole rings is 1. The number of anilines is 1. The zero-order valence-electron chi connectivity index (χ0n) is 20.2. The van der Waals surface area contributed by atoms with Crippen molar-refractivity contribution in [3.05, 3.63) is 35.8 Å². The molecule has 0 amide bonds. The van der Waals surface area contributed by atoms with Gasteiger partial charge >= 0.3 is 0 Å². The molecule has 168 valence electrons. The van der Waals surface area contributed by atoms with Crippen LogP contribution in [-0.4, -0.2) is 41.7 Å². The van der Waals surface area contributed by atoms with Gasteiger partial charge in [-0.05, 0) is 42.9 Å². The topological polar surface area (TPSA) is 51.9 Å². The minimum atomic E-state index is 0.549. The Bertz CT molecular complexity index is 1000. The van der Waals surface area contributed by atoms with Crippen molar-refractivity contribution in [2.75, 3.05) is 32.2 Å². The summed E-state index contributed by atoms with van der Waals surface area (Å²) in [6.07, 6.45) is 4.71. The van der Waals surface area contributed by atoms with Crippen LogP contribution in [0.2, 0.25) is 0 Å². The molecule has 3 rings (SSSR count). The second-order valence-electron chi connectivity index (χ2n) is 8.94. The summed E-state index contributed by atoms with van der Waals surface area (Å²) in [5, 5.41) is 0. The van der Waals surface area contributed by atoms with E-state index in [0.29, 0.717) is 11.8 Å². The van der Waals surface area contributed by atoms with Gasteiger partial charge in [-0.25, -0.2) is 4.98 Å². The lowest BCUT2D eigenvalue weighted by atomic mass is 10.1. The van der Waals surface area contributed by atoms with Crippen molar-refractivity contribution in [1.82, 2.24) is 14.4 Å². The first-order valence-electron chi connectivity index (χ1n) is 11.1. The fourth-order valence-corrected chi connectivity index (χ4v) is 4.17. The number of hydrogen-bond donors (Lipinski definition) is 0. The van der Waals surface area contributed by atoms with Crippen molar-refractivity contribution in [1.29, 1.82) is 0 Å². The van der Waals surface area contributed by atoms with Crippen LogP contribution in [0.15, 0.2) is 24.5 Å². The third kappa shape index (κ3) is 4.63. The average molecular weight is 425 g/mol. The maximum absolute atomic E-state index is 5.72. The molecule has 31 heavy (non-hydrogen) atoms. The van der Waals surface area contributed by atoms with Crippen LogP contribution in [-0.2, 0) is 6.42 Å². The first-order chi connectivity index (χ1) is 14.8. The Balaban J connectivity index is 2.30. The number of aryl methyl sites for hydroxylation is 2. The van der Waals surface area contributed by atoms with E-state index in [-0.39, 0.29) is 0 Å². The minimum absolute atomic E-state index is 0.549. The highest BCUT2D eigenvalue weighted by Crippen LogP contribution is 2.41. The Morgan fingerprint density at radius 3 is 2.06 bits per heavy atom. The lowest BCUT2D eigenvalue weighted by Crippen LogP contribution is -2.33. The summed E-state index contributed by atoms with van der Waals surface area (Å²) in [4.78, 5) is 12.3. The third-order valence-electron chi connectivity index (χ3n) is 5.28. The first kappa shape index (κ1) is 22.9. The number of nitrogens with zero attached hydrogens (tertiary/aromatic N) is 4. The zero-order valence-corrected chi connectivity index (χ0v) is 20.2. The molecule has 3 aromatic rings. The van der Waals surface area contributed by atoms with E-state index in [2.05, 4.69) is 43.9 Å². The van der Waals surface area contributed by atoms with Gasteiger partial charge in [-0.15, -0.1) is 0 Å². The van der Waals surface area contributed by atoms with Gasteiger partial charge < -0.3 is 14.4 Å². The molecule has 6 nitrogen and oxygen atoms in total. The van der Waals surface area contributed by atoms with Crippen LogP contribution >= 0.6 is 0 Å². The molecule has 2 heterocycles. The van der Waals surface area contributed by atoms with E-state index < -0.39 is 0 Å². The number of benzene rings is 1. The monoisotopic (exact) mass is 424 g/mol. The SMILES string of the molecule is CCc1nc2c(-c3c(OC)cc(C)cc3OC)nccn2c1N(CC(C)C)CC(C)C. The average Bonchev–Trinajstić information content (AvgIpc) is 3.10. The van der Waals surface area contributed by atoms with E-state index >= 15 is 0 Å². The molecule has 1 aromatic carbocycles. The minimum Gasteiger partial charge on any atom is -0.496 e. The molecule has 0 atom stereocenters. The molecule has 0 N–H and O–H groups in total. The molecule has 0 bridgehead atoms. The molecular formula is C25H36N4O2. The van der Waals surface area contributed by atoms with Crippen molar-refractivity contribution in [2.45, 2.75) is 48.0 Å². The van der Waals surface area contributed by atoms with E-state index in [9.17, 15) is 0 Å². The van der Waals surface area contributed by atoms with Crippen LogP contribution in [0.25, 0.3) is 16.9 Å². The van der Waals surface area contributed by atoms with Gasteiger partial charge in [0.05, 0.1) is 25.5 Å². The summed E-state index contributed by atoms with van der Waals surface area (Å²) in [5.74, 6) is 3.73. The molecule has 0 aliphatic heterocycles. The van der Waals surface area contributed by atoms with Crippen molar-refractivity contribution in [3.8, 4) is 22.8 Å². The molecule has 0 radical (unpaired) electrons. The van der Waals surface area contributed by atoms with Crippen molar-refractivity contribution in [3.63, 3.8) is 0 Å². The van der Waals surface area contributed by atoms with Crippen molar-refractivity contribution < 1.29 is 9.47 Å². The third-order valence-corrected chi connectivity index (χ3v) is 5.28. The van der Waals surface area contributed by atoms with Crippen LogP contribution in [0.5, 0.6) is 11.5 Å². The summed E-state index contributed by atoms with van der Waals surface area (Å²) < 4.78 is 13.6. The molecular weight excluding hydrogens is 388 g/mol. The van der Waals surface area contributed by atoms with Gasteiger partial charge in [0.2, 0.25) is 0 Å². The highest BCUT2D eigenvalue weighted by molar-refractivity contribution is 5.84. The van der Waals surface area contributed by atoms with Gasteiger partial charge in [-0.3, -0.25) is 9.38 Å². The number of methoxy groups -OCH3 is 2. The molecule has 2 aromatic heterocycles. The van der Waals surface area contributed by atoms with Crippen molar-refractivity contribution in [2.24, 2.45) is 11.8 Å². The number of fused-ring (bicyclic) bond motifs is 1. The molecule has 0 aliphatic rings. The number of hydrogen-bond acceptors (Lipinski definition) is 5. The summed E-state index contributed by atoms with van der Waals surface area (Å²) >= 11 is 0. The van der Waals surface area contributed by atoms with E-state index in [0.717, 1.165) is 65.0 Å². The maximum Gasteiger partial charge on any atom is 0.165 e. The lowest BCUT2D eigenvalue weighted by molar-refractivity contribution is 0.396. The Morgan fingerprint density at radius 1 is 1.00 bits per heavy atom. The number of rotatable bonds is 9. The highest BCUT2D eigenvalue weighted by atomic mass is 16.5. The van der Waals surface area contributed by atoms with E-state index in [1.54, 1.807) is 14.2 Å². The second-order valence-corrected chi connectivity index (χ2v) is 8.94. The fourth-order valence-electron chi connectivity index (χ4n) is 4.17. The second kappa shape index (κ2) is 9.58. The van der Waals surface area contributed by atoms with Gasteiger partial charge in [0.25, 0.3) is 0 Å². The van der Waals surface area contributed by atoms with Crippen LogP contribution in [0, 0.1) is 18.8 Å². The van der Waals surface area contributed by atoms with Gasteiger partial charge in [-0.1, -0.05) is 34.6 Å². The fraction of sp³-hybridized carbons (Fsp3) is 0.520. The van der Waals surface area contributed by atoms with Gasteiger partial charge in [-0.2, -0.15) is 0 Å².